The van der Waals surface area contributed by atoms with Gasteiger partial charge in [0.2, 0.25) is 0 Å². The van der Waals surface area contributed by atoms with E-state index in [2.05, 4.69) is 20.5 Å². The lowest BCUT2D eigenvalue weighted by Gasteiger charge is -2.32. The van der Waals surface area contributed by atoms with Crippen molar-refractivity contribution in [2.75, 3.05) is 43.6 Å². The minimum Gasteiger partial charge on any atom is -0.497 e. The molecule has 1 aliphatic heterocycles. The van der Waals surface area contributed by atoms with Gasteiger partial charge in [0.05, 0.1) is 31.5 Å². The zero-order chi connectivity index (χ0) is 20.1. The molecule has 2 N–H and O–H groups in total. The van der Waals surface area contributed by atoms with Crippen molar-refractivity contribution in [1.82, 2.24) is 10.3 Å². The summed E-state index contributed by atoms with van der Waals surface area (Å²) in [4.78, 5) is 19.6. The first-order valence-corrected chi connectivity index (χ1v) is 10.2. The number of hydrogen-bond donors (Lipinski definition) is 2. The number of anilines is 2. The van der Waals surface area contributed by atoms with Crippen molar-refractivity contribution in [2.24, 2.45) is 0 Å². The monoisotopic (exact) mass is 396 g/mol. The van der Waals surface area contributed by atoms with E-state index in [1.807, 2.05) is 36.4 Å². The molecule has 29 heavy (non-hydrogen) atoms. The van der Waals surface area contributed by atoms with Gasteiger partial charge in [-0.1, -0.05) is 25.0 Å². The molecule has 7 heteroatoms. The maximum absolute atomic E-state index is 13.0. The molecule has 0 atom stereocenters. The summed E-state index contributed by atoms with van der Waals surface area (Å²) >= 11 is 0. The molecule has 2 fully saturated rings. The Kier molecular flexibility index (Phi) is 5.85. The fourth-order valence-corrected chi connectivity index (χ4v) is 4.27. The summed E-state index contributed by atoms with van der Waals surface area (Å²) < 4.78 is 10.7. The van der Waals surface area contributed by atoms with Crippen LogP contribution < -0.4 is 20.3 Å². The van der Waals surface area contributed by atoms with E-state index in [0.29, 0.717) is 13.2 Å². The lowest BCUT2D eigenvalue weighted by molar-refractivity contribution is 0.122. The van der Waals surface area contributed by atoms with Crippen LogP contribution in [0.1, 0.15) is 31.2 Å². The van der Waals surface area contributed by atoms with Crippen LogP contribution in [0.2, 0.25) is 0 Å². The summed E-state index contributed by atoms with van der Waals surface area (Å²) in [6.45, 7) is 2.87. The second-order valence-corrected chi connectivity index (χ2v) is 7.57. The van der Waals surface area contributed by atoms with Gasteiger partial charge in [-0.15, -0.1) is 0 Å². The highest BCUT2D eigenvalue weighted by atomic mass is 16.5. The van der Waals surface area contributed by atoms with Crippen molar-refractivity contribution < 1.29 is 14.3 Å². The summed E-state index contributed by atoms with van der Waals surface area (Å²) in [6.07, 6.45) is 5.80. The Hall–Kier alpha value is -2.80. The highest BCUT2D eigenvalue weighted by Crippen LogP contribution is 2.39. The van der Waals surface area contributed by atoms with Crippen LogP contribution in [-0.4, -0.2) is 44.4 Å². The van der Waals surface area contributed by atoms with Crippen LogP contribution in [0.4, 0.5) is 16.3 Å². The van der Waals surface area contributed by atoms with Gasteiger partial charge in [-0.25, -0.2) is 9.78 Å². The molecular weight excluding hydrogens is 368 g/mol. The number of methoxy groups -OCH3 is 1. The molecule has 4 rings (SSSR count). The Morgan fingerprint density at radius 3 is 2.55 bits per heavy atom. The summed E-state index contributed by atoms with van der Waals surface area (Å²) in [7, 11) is 1.66. The van der Waals surface area contributed by atoms with Crippen molar-refractivity contribution in [3.8, 4) is 5.75 Å². The number of morpholine rings is 1. The highest BCUT2D eigenvalue weighted by molar-refractivity contribution is 5.93. The van der Waals surface area contributed by atoms with Gasteiger partial charge in [-0.05, 0) is 42.7 Å². The smallest absolute Gasteiger partial charge is 0.320 e. The van der Waals surface area contributed by atoms with Crippen molar-refractivity contribution >= 4 is 17.5 Å². The maximum Gasteiger partial charge on any atom is 0.320 e. The largest absolute Gasteiger partial charge is 0.497 e. The molecule has 2 amide bonds. The standard InChI is InChI=1S/C22H28N4O3/c1-28-18-8-6-17(7-9-18)22(10-2-3-11-22)25-21(27)24-19-5-4-12-23-20(19)26-13-15-29-16-14-26/h4-9,12H,2-3,10-11,13-16H2,1H3,(H2,24,25,27). The van der Waals surface area contributed by atoms with Crippen molar-refractivity contribution in [1.29, 1.82) is 0 Å². The van der Waals surface area contributed by atoms with E-state index in [0.717, 1.165) is 61.6 Å². The molecular formula is C22H28N4O3. The second-order valence-electron chi connectivity index (χ2n) is 7.57. The molecule has 1 aromatic heterocycles. The first-order valence-electron chi connectivity index (χ1n) is 10.2. The number of ether oxygens (including phenoxy) is 2. The number of carbonyl (C=O) groups excluding carboxylic acids is 1. The van der Waals surface area contributed by atoms with Gasteiger partial charge in [0, 0.05) is 19.3 Å². The lowest BCUT2D eigenvalue weighted by Crippen LogP contribution is -2.46. The van der Waals surface area contributed by atoms with E-state index in [1.54, 1.807) is 13.3 Å². The van der Waals surface area contributed by atoms with E-state index in [4.69, 9.17) is 9.47 Å². The molecule has 0 spiro atoms. The summed E-state index contributed by atoms with van der Waals surface area (Å²) in [6, 6.07) is 11.5. The zero-order valence-corrected chi connectivity index (χ0v) is 16.8. The normalized spacial score (nSPS) is 18.3. The van der Waals surface area contributed by atoms with Crippen LogP contribution in [0.3, 0.4) is 0 Å². The third-order valence-electron chi connectivity index (χ3n) is 5.80. The number of amides is 2. The molecule has 0 bridgehead atoms. The Balaban J connectivity index is 1.51. The average molecular weight is 396 g/mol. The number of hydrogen-bond acceptors (Lipinski definition) is 5. The molecule has 2 heterocycles. The molecule has 154 valence electrons. The number of carbonyl (C=O) groups is 1. The topological polar surface area (TPSA) is 75.7 Å². The van der Waals surface area contributed by atoms with Gasteiger partial charge in [-0.2, -0.15) is 0 Å². The number of pyridine rings is 1. The average Bonchev–Trinajstić information content (AvgIpc) is 3.24. The van der Waals surface area contributed by atoms with Crippen LogP contribution in [0.25, 0.3) is 0 Å². The van der Waals surface area contributed by atoms with Gasteiger partial charge in [0.1, 0.15) is 5.75 Å². The van der Waals surface area contributed by atoms with Gasteiger partial charge >= 0.3 is 6.03 Å². The van der Waals surface area contributed by atoms with Gasteiger partial charge in [-0.3, -0.25) is 0 Å². The minimum absolute atomic E-state index is 0.203. The van der Waals surface area contributed by atoms with Crippen molar-refractivity contribution in [2.45, 2.75) is 31.2 Å². The Morgan fingerprint density at radius 2 is 1.86 bits per heavy atom. The lowest BCUT2D eigenvalue weighted by atomic mass is 9.88. The van der Waals surface area contributed by atoms with E-state index in [1.165, 1.54) is 0 Å². The molecule has 0 radical (unpaired) electrons. The summed E-state index contributed by atoms with van der Waals surface area (Å²) in [5.74, 6) is 1.60. The minimum atomic E-state index is -0.350. The van der Waals surface area contributed by atoms with Gasteiger partial charge < -0.3 is 25.0 Å². The third-order valence-corrected chi connectivity index (χ3v) is 5.80. The maximum atomic E-state index is 13.0. The van der Waals surface area contributed by atoms with E-state index < -0.39 is 0 Å². The van der Waals surface area contributed by atoms with E-state index in [9.17, 15) is 4.79 Å². The fraction of sp³-hybridized carbons (Fsp3) is 0.455. The third kappa shape index (κ3) is 4.29. The quantitative estimate of drug-likeness (QED) is 0.809. The number of benzene rings is 1. The van der Waals surface area contributed by atoms with Crippen molar-refractivity contribution in [3.63, 3.8) is 0 Å². The first kappa shape index (κ1) is 19.5. The molecule has 7 nitrogen and oxygen atoms in total. The van der Waals surface area contributed by atoms with Crippen LogP contribution in [0, 0.1) is 0 Å². The SMILES string of the molecule is COc1ccc(C2(NC(=O)Nc3cccnc3N3CCOCC3)CCCC2)cc1. The molecule has 1 aliphatic carbocycles. The number of urea groups is 1. The zero-order valence-electron chi connectivity index (χ0n) is 16.8. The predicted octanol–water partition coefficient (Wildman–Crippen LogP) is 3.52. The van der Waals surface area contributed by atoms with E-state index >= 15 is 0 Å². The van der Waals surface area contributed by atoms with Gasteiger partial charge in [0.25, 0.3) is 0 Å². The first-order chi connectivity index (χ1) is 14.2. The molecule has 1 saturated heterocycles. The molecule has 2 aromatic rings. The summed E-state index contributed by atoms with van der Waals surface area (Å²) in [5, 5.41) is 6.30. The fourth-order valence-electron chi connectivity index (χ4n) is 4.27. The van der Waals surface area contributed by atoms with Crippen molar-refractivity contribution in [3.05, 3.63) is 48.2 Å². The highest BCUT2D eigenvalue weighted by Gasteiger charge is 2.37. The molecule has 0 unspecified atom stereocenters. The number of rotatable bonds is 5. The number of nitrogens with one attached hydrogen (secondary N) is 2. The molecule has 1 aromatic carbocycles. The Labute approximate surface area is 171 Å². The Bertz CT molecular complexity index is 828. The van der Waals surface area contributed by atoms with Crippen LogP contribution in [0.15, 0.2) is 42.6 Å². The number of nitrogens with zero attached hydrogens (tertiary/aromatic N) is 2. The van der Waals surface area contributed by atoms with E-state index in [-0.39, 0.29) is 11.6 Å². The summed E-state index contributed by atoms with van der Waals surface area (Å²) in [5.41, 5.74) is 1.48. The number of aromatic nitrogens is 1. The van der Waals surface area contributed by atoms with Crippen LogP contribution in [0.5, 0.6) is 5.75 Å². The molecule has 1 saturated carbocycles. The van der Waals surface area contributed by atoms with Crippen LogP contribution >= 0.6 is 0 Å². The molecule has 2 aliphatic rings. The van der Waals surface area contributed by atoms with Crippen LogP contribution in [-0.2, 0) is 10.3 Å². The predicted molar refractivity (Wildman–Crippen MR) is 113 cm³/mol. The Morgan fingerprint density at radius 1 is 1.14 bits per heavy atom. The van der Waals surface area contributed by atoms with Gasteiger partial charge in [0.15, 0.2) is 5.82 Å². The second kappa shape index (κ2) is 8.69.